The second kappa shape index (κ2) is 5.09. The van der Waals surface area contributed by atoms with Crippen LogP contribution in [0.5, 0.6) is 0 Å². The zero-order valence-corrected chi connectivity index (χ0v) is 10.7. The highest BCUT2D eigenvalue weighted by Crippen LogP contribution is 2.15. The van der Waals surface area contributed by atoms with Gasteiger partial charge in [-0.1, -0.05) is 0 Å². The minimum atomic E-state index is -0.657. The lowest BCUT2D eigenvalue weighted by Crippen LogP contribution is -2.10. The number of hydrogen-bond acceptors (Lipinski definition) is 4. The summed E-state index contributed by atoms with van der Waals surface area (Å²) in [4.78, 5) is 11.8. The number of aryl methyl sites for hydroxylation is 2. The van der Waals surface area contributed by atoms with Crippen molar-refractivity contribution in [3.8, 4) is 0 Å². The molecule has 1 aromatic heterocycles. The Kier molecular flexibility index (Phi) is 3.50. The number of rotatable bonds is 3. The van der Waals surface area contributed by atoms with Crippen molar-refractivity contribution in [2.45, 2.75) is 13.5 Å². The predicted molar refractivity (Wildman–Crippen MR) is 67.9 cm³/mol. The van der Waals surface area contributed by atoms with E-state index in [0.29, 0.717) is 0 Å². The molecule has 0 radical (unpaired) electrons. The molecule has 0 unspecified atom stereocenters. The quantitative estimate of drug-likeness (QED) is 0.677. The summed E-state index contributed by atoms with van der Waals surface area (Å²) in [6.45, 7) is 1.90. The summed E-state index contributed by atoms with van der Waals surface area (Å²) in [5.41, 5.74) is 7.41. The SMILES string of the molecule is Cc1cc(COC(=O)c2cc(F)ccc2N)n(C)n1. The Hall–Kier alpha value is -2.37. The topological polar surface area (TPSA) is 70.1 Å². The van der Waals surface area contributed by atoms with Crippen LogP contribution >= 0.6 is 0 Å². The molecule has 1 heterocycles. The second-order valence-electron chi connectivity index (χ2n) is 4.21. The lowest BCUT2D eigenvalue weighted by Gasteiger charge is -2.07. The molecular weight excluding hydrogens is 249 g/mol. The summed E-state index contributed by atoms with van der Waals surface area (Å²) in [7, 11) is 1.76. The standard InChI is InChI=1S/C13H14FN3O2/c1-8-5-10(17(2)16-8)7-19-13(18)11-6-9(14)3-4-12(11)15/h3-6H,7,15H2,1-2H3. The number of aromatic nitrogens is 2. The first-order valence-electron chi connectivity index (χ1n) is 5.69. The van der Waals surface area contributed by atoms with E-state index in [4.69, 9.17) is 10.5 Å². The number of benzene rings is 1. The molecular formula is C13H14FN3O2. The molecule has 5 nitrogen and oxygen atoms in total. The monoisotopic (exact) mass is 263 g/mol. The molecule has 2 aromatic rings. The number of nitrogens with two attached hydrogens (primary N) is 1. The number of halogens is 1. The van der Waals surface area contributed by atoms with Crippen molar-refractivity contribution in [2.75, 3.05) is 5.73 Å². The molecule has 19 heavy (non-hydrogen) atoms. The molecule has 0 fully saturated rings. The summed E-state index contributed by atoms with van der Waals surface area (Å²) in [6, 6.07) is 5.39. The van der Waals surface area contributed by atoms with E-state index in [9.17, 15) is 9.18 Å². The molecule has 0 amide bonds. The molecule has 0 saturated heterocycles. The largest absolute Gasteiger partial charge is 0.456 e. The van der Waals surface area contributed by atoms with E-state index in [-0.39, 0.29) is 17.9 Å². The van der Waals surface area contributed by atoms with Gasteiger partial charge in [-0.25, -0.2) is 9.18 Å². The van der Waals surface area contributed by atoms with Crippen molar-refractivity contribution in [1.29, 1.82) is 0 Å². The summed E-state index contributed by atoms with van der Waals surface area (Å²) in [5.74, 6) is -1.19. The van der Waals surface area contributed by atoms with E-state index in [1.165, 1.54) is 12.1 Å². The Labute approximate surface area is 109 Å². The van der Waals surface area contributed by atoms with Crippen LogP contribution in [0.2, 0.25) is 0 Å². The maximum Gasteiger partial charge on any atom is 0.340 e. The molecule has 0 spiro atoms. The maximum atomic E-state index is 13.1. The van der Waals surface area contributed by atoms with Gasteiger partial charge in [-0.3, -0.25) is 4.68 Å². The summed E-state index contributed by atoms with van der Waals surface area (Å²) >= 11 is 0. The van der Waals surface area contributed by atoms with Crippen LogP contribution in [0, 0.1) is 12.7 Å². The highest BCUT2D eigenvalue weighted by Gasteiger charge is 2.13. The summed E-state index contributed by atoms with van der Waals surface area (Å²) in [6.07, 6.45) is 0. The molecule has 0 aliphatic carbocycles. The van der Waals surface area contributed by atoms with E-state index in [0.717, 1.165) is 17.5 Å². The number of anilines is 1. The fourth-order valence-corrected chi connectivity index (χ4v) is 1.72. The van der Waals surface area contributed by atoms with Crippen molar-refractivity contribution in [1.82, 2.24) is 9.78 Å². The highest BCUT2D eigenvalue weighted by molar-refractivity contribution is 5.94. The normalized spacial score (nSPS) is 10.5. The predicted octanol–water partition coefficient (Wildman–Crippen LogP) is 1.81. The third-order valence-corrected chi connectivity index (χ3v) is 2.69. The minimum absolute atomic E-state index is 0.0268. The van der Waals surface area contributed by atoms with Crippen LogP contribution < -0.4 is 5.73 Å². The van der Waals surface area contributed by atoms with E-state index in [1.54, 1.807) is 11.7 Å². The minimum Gasteiger partial charge on any atom is -0.456 e. The van der Waals surface area contributed by atoms with Crippen molar-refractivity contribution in [2.24, 2.45) is 7.05 Å². The number of hydrogen-bond donors (Lipinski definition) is 1. The molecule has 2 N–H and O–H groups in total. The van der Waals surface area contributed by atoms with Crippen LogP contribution in [0.3, 0.4) is 0 Å². The molecule has 0 atom stereocenters. The van der Waals surface area contributed by atoms with E-state index in [2.05, 4.69) is 5.10 Å². The van der Waals surface area contributed by atoms with E-state index < -0.39 is 11.8 Å². The van der Waals surface area contributed by atoms with Gasteiger partial charge >= 0.3 is 5.97 Å². The van der Waals surface area contributed by atoms with E-state index >= 15 is 0 Å². The van der Waals surface area contributed by atoms with Gasteiger partial charge in [0.1, 0.15) is 12.4 Å². The lowest BCUT2D eigenvalue weighted by atomic mass is 10.2. The number of esters is 1. The summed E-state index contributed by atoms with van der Waals surface area (Å²) in [5, 5.41) is 4.13. The van der Waals surface area contributed by atoms with Gasteiger partial charge in [0.2, 0.25) is 0 Å². The molecule has 2 rings (SSSR count). The molecule has 0 saturated carbocycles. The van der Waals surface area contributed by atoms with Gasteiger partial charge in [0.25, 0.3) is 0 Å². The Morgan fingerprint density at radius 2 is 2.21 bits per heavy atom. The van der Waals surface area contributed by atoms with Crippen molar-refractivity contribution in [3.05, 3.63) is 47.0 Å². The van der Waals surface area contributed by atoms with Gasteiger partial charge in [-0.2, -0.15) is 5.10 Å². The molecule has 0 aliphatic rings. The van der Waals surface area contributed by atoms with Gasteiger partial charge in [-0.05, 0) is 31.2 Å². The summed E-state index contributed by atoms with van der Waals surface area (Å²) < 4.78 is 19.8. The third-order valence-electron chi connectivity index (χ3n) is 2.69. The van der Waals surface area contributed by atoms with Crippen LogP contribution in [-0.4, -0.2) is 15.7 Å². The maximum absolute atomic E-state index is 13.1. The average Bonchev–Trinajstić information content (AvgIpc) is 2.68. The first-order chi connectivity index (χ1) is 8.97. The number of carbonyl (C=O) groups is 1. The number of carbonyl (C=O) groups excluding carboxylic acids is 1. The van der Waals surface area contributed by atoms with Gasteiger partial charge in [0, 0.05) is 12.7 Å². The smallest absolute Gasteiger partial charge is 0.340 e. The number of nitrogen functional groups attached to an aromatic ring is 1. The molecule has 0 aliphatic heterocycles. The third kappa shape index (κ3) is 2.90. The Morgan fingerprint density at radius 1 is 1.47 bits per heavy atom. The van der Waals surface area contributed by atoms with Crippen LogP contribution in [0.4, 0.5) is 10.1 Å². The molecule has 6 heteroatoms. The van der Waals surface area contributed by atoms with Gasteiger partial charge in [0.15, 0.2) is 0 Å². The lowest BCUT2D eigenvalue weighted by molar-refractivity contribution is 0.0464. The van der Waals surface area contributed by atoms with Crippen molar-refractivity contribution < 1.29 is 13.9 Å². The molecule has 0 bridgehead atoms. The zero-order valence-electron chi connectivity index (χ0n) is 10.7. The van der Waals surface area contributed by atoms with Gasteiger partial charge in [-0.15, -0.1) is 0 Å². The van der Waals surface area contributed by atoms with Gasteiger partial charge < -0.3 is 10.5 Å². The number of ether oxygens (including phenoxy) is 1. The second-order valence-corrected chi connectivity index (χ2v) is 4.21. The molecule has 100 valence electrons. The van der Waals surface area contributed by atoms with Crippen molar-refractivity contribution >= 4 is 11.7 Å². The zero-order chi connectivity index (χ0) is 14.0. The highest BCUT2D eigenvalue weighted by atomic mass is 19.1. The first-order valence-corrected chi connectivity index (χ1v) is 5.69. The fourth-order valence-electron chi connectivity index (χ4n) is 1.72. The van der Waals surface area contributed by atoms with Gasteiger partial charge in [0.05, 0.1) is 17.0 Å². The number of nitrogens with zero attached hydrogens (tertiary/aromatic N) is 2. The Bertz CT molecular complexity index is 622. The van der Waals surface area contributed by atoms with Crippen molar-refractivity contribution in [3.63, 3.8) is 0 Å². The van der Waals surface area contributed by atoms with E-state index in [1.807, 2.05) is 13.0 Å². The Morgan fingerprint density at radius 3 is 2.84 bits per heavy atom. The van der Waals surface area contributed by atoms with Crippen LogP contribution in [0.1, 0.15) is 21.7 Å². The van der Waals surface area contributed by atoms with Crippen LogP contribution in [-0.2, 0) is 18.4 Å². The first kappa shape index (κ1) is 13.1. The molecule has 1 aromatic carbocycles. The fraction of sp³-hybridized carbons (Fsp3) is 0.231. The Balaban J connectivity index is 2.09. The average molecular weight is 263 g/mol. The van der Waals surface area contributed by atoms with Crippen LogP contribution in [0.25, 0.3) is 0 Å². The van der Waals surface area contributed by atoms with Crippen LogP contribution in [0.15, 0.2) is 24.3 Å².